The molecule has 0 aromatic heterocycles. The van der Waals surface area contributed by atoms with E-state index in [4.69, 9.17) is 14.2 Å². The largest absolute Gasteiger partial charge is 0.480 e. The van der Waals surface area contributed by atoms with Gasteiger partial charge < -0.3 is 14.2 Å². The second-order valence-electron chi connectivity index (χ2n) is 6.50. The van der Waals surface area contributed by atoms with Crippen LogP contribution < -0.4 is 4.74 Å². The smallest absolute Gasteiger partial charge is 0.363 e. The molecular weight excluding hydrogens is 552 g/mol. The second kappa shape index (κ2) is 10.0. The van der Waals surface area contributed by atoms with Gasteiger partial charge in [0, 0.05) is 17.2 Å². The van der Waals surface area contributed by atoms with Gasteiger partial charge in [-0.25, -0.2) is 14.6 Å². The molecule has 0 radical (unpaired) electrons. The number of nitrogens with zero attached hydrogens (tertiary/aromatic N) is 2. The molecule has 11 heteroatoms. The predicted octanol–water partition coefficient (Wildman–Crippen LogP) is 4.71. The fourth-order valence-corrected chi connectivity index (χ4v) is 4.27. The molecule has 0 saturated carbocycles. The Kier molecular flexibility index (Phi) is 7.41. The lowest BCUT2D eigenvalue weighted by molar-refractivity contribution is -0.385. The Hall–Kier alpha value is -3.05. The van der Waals surface area contributed by atoms with E-state index in [1.165, 1.54) is 24.3 Å². The molecule has 0 bridgehead atoms. The van der Waals surface area contributed by atoms with Crippen molar-refractivity contribution >= 4 is 61.5 Å². The van der Waals surface area contributed by atoms with Crippen molar-refractivity contribution in [3.63, 3.8) is 0 Å². The molecule has 0 N–H and O–H groups in total. The lowest BCUT2D eigenvalue weighted by Gasteiger charge is -2.10. The van der Waals surface area contributed by atoms with Gasteiger partial charge in [-0.15, -0.1) is 0 Å². The van der Waals surface area contributed by atoms with Crippen molar-refractivity contribution in [1.82, 2.24) is 0 Å². The van der Waals surface area contributed by atoms with Gasteiger partial charge in [-0.05, 0) is 81.6 Å². The minimum Gasteiger partial charge on any atom is -0.480 e. The Labute approximate surface area is 199 Å². The van der Waals surface area contributed by atoms with Crippen molar-refractivity contribution in [2.45, 2.75) is 13.8 Å². The van der Waals surface area contributed by atoms with Crippen LogP contribution in [0.15, 0.2) is 50.0 Å². The number of benzene rings is 2. The number of nitro groups is 1. The number of rotatable bonds is 7. The molecule has 3 rings (SSSR count). The van der Waals surface area contributed by atoms with E-state index in [1.54, 1.807) is 26.0 Å². The number of nitro benzene ring substituents is 1. The highest BCUT2D eigenvalue weighted by Crippen LogP contribution is 2.36. The van der Waals surface area contributed by atoms with Gasteiger partial charge in [0.05, 0.1) is 20.5 Å². The number of halogens is 2. The first-order valence-electron chi connectivity index (χ1n) is 9.25. The summed E-state index contributed by atoms with van der Waals surface area (Å²) in [6.45, 7) is 3.31. The highest BCUT2D eigenvalue weighted by atomic mass is 79.9. The molecule has 2 aromatic rings. The molecule has 1 aliphatic heterocycles. The fraction of sp³-hybridized carbons (Fsp3) is 0.190. The first-order chi connectivity index (χ1) is 15.2. The van der Waals surface area contributed by atoms with Gasteiger partial charge >= 0.3 is 11.9 Å². The number of hydrogen-bond donors (Lipinski definition) is 0. The third-order valence-corrected chi connectivity index (χ3v) is 5.40. The zero-order chi connectivity index (χ0) is 23.4. The number of hydrogen-bond acceptors (Lipinski definition) is 8. The standard InChI is InChI=1S/C21H16Br2N2O7/c1-3-30-18(26)10-31-19-14(22)7-12(8-15(19)23)9-16-21(27)32-20(24-16)13-4-5-17(25(28)29)11(2)6-13/h4-9H,3,10H2,1-2H3/b16-9-. The summed E-state index contributed by atoms with van der Waals surface area (Å²) in [6, 6.07) is 7.73. The first kappa shape index (κ1) is 23.6. The molecule has 9 nitrogen and oxygen atoms in total. The summed E-state index contributed by atoms with van der Waals surface area (Å²) in [4.78, 5) is 38.5. The summed E-state index contributed by atoms with van der Waals surface area (Å²) in [6.07, 6.45) is 1.53. The zero-order valence-corrected chi connectivity index (χ0v) is 20.1. The number of aryl methyl sites for hydroxylation is 1. The van der Waals surface area contributed by atoms with E-state index in [0.717, 1.165) is 0 Å². The molecule has 2 aromatic carbocycles. The second-order valence-corrected chi connectivity index (χ2v) is 8.21. The Balaban J connectivity index is 1.84. The summed E-state index contributed by atoms with van der Waals surface area (Å²) in [5, 5.41) is 11.0. The van der Waals surface area contributed by atoms with Crippen LogP contribution in [0.1, 0.15) is 23.6 Å². The topological polar surface area (TPSA) is 117 Å². The number of esters is 2. The highest BCUT2D eigenvalue weighted by Gasteiger charge is 2.25. The van der Waals surface area contributed by atoms with Gasteiger partial charge in [-0.3, -0.25) is 10.1 Å². The predicted molar refractivity (Wildman–Crippen MR) is 122 cm³/mol. The lowest BCUT2D eigenvalue weighted by atomic mass is 10.1. The van der Waals surface area contributed by atoms with Crippen LogP contribution in [0.25, 0.3) is 6.08 Å². The van der Waals surface area contributed by atoms with Crippen LogP contribution >= 0.6 is 31.9 Å². The minimum absolute atomic E-state index is 0.0330. The van der Waals surface area contributed by atoms with Crippen molar-refractivity contribution in [3.8, 4) is 5.75 Å². The van der Waals surface area contributed by atoms with Gasteiger partial charge in [0.2, 0.25) is 5.90 Å². The van der Waals surface area contributed by atoms with Crippen LogP contribution in [0.4, 0.5) is 5.69 Å². The van der Waals surface area contributed by atoms with Crippen LogP contribution in [0, 0.1) is 17.0 Å². The summed E-state index contributed by atoms with van der Waals surface area (Å²) in [5.41, 5.74) is 1.53. The summed E-state index contributed by atoms with van der Waals surface area (Å²) in [5.74, 6) is -0.674. The molecule has 0 spiro atoms. The number of carbonyl (C=O) groups excluding carboxylic acids is 2. The Bertz CT molecular complexity index is 1150. The summed E-state index contributed by atoms with van der Waals surface area (Å²) < 4.78 is 16.6. The summed E-state index contributed by atoms with van der Waals surface area (Å²) >= 11 is 6.77. The third-order valence-electron chi connectivity index (χ3n) is 4.22. The van der Waals surface area contributed by atoms with E-state index in [-0.39, 0.29) is 30.5 Å². The SMILES string of the molecule is CCOC(=O)COc1c(Br)cc(/C=C2\N=C(c3ccc([N+](=O)[O-])c(C)c3)OC2=O)cc1Br. The highest BCUT2D eigenvalue weighted by molar-refractivity contribution is 9.11. The minimum atomic E-state index is -0.647. The van der Waals surface area contributed by atoms with Crippen molar-refractivity contribution < 1.29 is 28.7 Å². The Morgan fingerprint density at radius 3 is 2.53 bits per heavy atom. The molecule has 0 saturated heterocycles. The number of aliphatic imine (C=N–C) groups is 1. The molecule has 0 amide bonds. The van der Waals surface area contributed by atoms with Crippen LogP contribution in [-0.4, -0.2) is 36.0 Å². The van der Waals surface area contributed by atoms with Crippen LogP contribution in [0.5, 0.6) is 5.75 Å². The van der Waals surface area contributed by atoms with E-state index < -0.39 is 16.9 Å². The Morgan fingerprint density at radius 1 is 1.25 bits per heavy atom. The van der Waals surface area contributed by atoms with Gasteiger partial charge in [-0.1, -0.05) is 0 Å². The number of cyclic esters (lactones) is 1. The zero-order valence-electron chi connectivity index (χ0n) is 16.9. The molecule has 0 fully saturated rings. The molecule has 0 unspecified atom stereocenters. The van der Waals surface area contributed by atoms with Gasteiger partial charge in [0.25, 0.3) is 5.69 Å². The lowest BCUT2D eigenvalue weighted by Crippen LogP contribution is -2.15. The van der Waals surface area contributed by atoms with E-state index in [1.807, 2.05) is 0 Å². The molecule has 32 heavy (non-hydrogen) atoms. The maximum Gasteiger partial charge on any atom is 0.363 e. The van der Waals surface area contributed by atoms with E-state index in [2.05, 4.69) is 36.9 Å². The molecule has 166 valence electrons. The average molecular weight is 568 g/mol. The molecular formula is C21H16Br2N2O7. The van der Waals surface area contributed by atoms with Gasteiger partial charge in [0.15, 0.2) is 12.3 Å². The van der Waals surface area contributed by atoms with Gasteiger partial charge in [0.1, 0.15) is 5.75 Å². The Morgan fingerprint density at radius 2 is 1.94 bits per heavy atom. The average Bonchev–Trinajstić information content (AvgIpc) is 3.07. The monoisotopic (exact) mass is 566 g/mol. The number of carbonyl (C=O) groups is 2. The van der Waals surface area contributed by atoms with Crippen LogP contribution in [0.3, 0.4) is 0 Å². The van der Waals surface area contributed by atoms with Crippen LogP contribution in [0.2, 0.25) is 0 Å². The number of ether oxygens (including phenoxy) is 3. The van der Waals surface area contributed by atoms with Crippen LogP contribution in [-0.2, 0) is 19.1 Å². The molecule has 1 heterocycles. The van der Waals surface area contributed by atoms with Crippen molar-refractivity contribution in [1.29, 1.82) is 0 Å². The first-order valence-corrected chi connectivity index (χ1v) is 10.8. The van der Waals surface area contributed by atoms with Crippen molar-refractivity contribution in [3.05, 3.63) is 71.8 Å². The molecule has 0 atom stereocenters. The maximum absolute atomic E-state index is 12.3. The molecule has 0 aliphatic carbocycles. The third kappa shape index (κ3) is 5.40. The summed E-state index contributed by atoms with van der Waals surface area (Å²) in [7, 11) is 0. The van der Waals surface area contributed by atoms with E-state index >= 15 is 0 Å². The van der Waals surface area contributed by atoms with Crippen molar-refractivity contribution in [2.75, 3.05) is 13.2 Å². The fourth-order valence-electron chi connectivity index (χ4n) is 2.82. The molecule has 1 aliphatic rings. The van der Waals surface area contributed by atoms with Crippen molar-refractivity contribution in [2.24, 2.45) is 4.99 Å². The normalized spacial score (nSPS) is 14.2. The maximum atomic E-state index is 12.3. The van der Waals surface area contributed by atoms with E-state index in [9.17, 15) is 19.7 Å². The quantitative estimate of drug-likeness (QED) is 0.206. The van der Waals surface area contributed by atoms with Gasteiger partial charge in [-0.2, -0.15) is 0 Å². The van der Waals surface area contributed by atoms with E-state index in [0.29, 0.717) is 31.4 Å².